The largest absolute Gasteiger partial charge is 0.149 e. The highest BCUT2D eigenvalue weighted by Crippen LogP contribution is 2.16. The Hall–Kier alpha value is -0.300. The molecule has 0 saturated carbocycles. The molecule has 1 heterocycles. The van der Waals surface area contributed by atoms with Crippen LogP contribution in [0, 0.1) is 12.8 Å². The third kappa shape index (κ3) is 2.14. The van der Waals surface area contributed by atoms with Gasteiger partial charge in [0, 0.05) is 4.88 Å². The van der Waals surface area contributed by atoms with Gasteiger partial charge in [0.05, 0.1) is 0 Å². The predicted octanol–water partition coefficient (Wildman–Crippen LogP) is 3.26. The molecule has 1 rings (SSSR count). The summed E-state index contributed by atoms with van der Waals surface area (Å²) < 4.78 is 0. The van der Waals surface area contributed by atoms with Crippen LogP contribution in [0.15, 0.2) is 11.4 Å². The van der Waals surface area contributed by atoms with E-state index in [9.17, 15) is 0 Å². The predicted molar refractivity (Wildman–Crippen MR) is 47.6 cm³/mol. The summed E-state index contributed by atoms with van der Waals surface area (Å²) in [5, 5.41) is 2.26. The molecule has 56 valence electrons. The Bertz CT molecular complexity index is 198. The van der Waals surface area contributed by atoms with E-state index in [0.717, 1.165) is 5.92 Å². The highest BCUT2D eigenvalue weighted by atomic mass is 32.1. The van der Waals surface area contributed by atoms with Crippen molar-refractivity contribution in [1.82, 2.24) is 0 Å². The van der Waals surface area contributed by atoms with Gasteiger partial charge in [0.1, 0.15) is 0 Å². The van der Waals surface area contributed by atoms with Crippen LogP contribution in [-0.4, -0.2) is 0 Å². The Labute approximate surface area is 66.9 Å². The molecular weight excluding hydrogens is 140 g/mol. The van der Waals surface area contributed by atoms with Gasteiger partial charge in [0.15, 0.2) is 0 Å². The molecule has 0 amide bonds. The van der Waals surface area contributed by atoms with Crippen LogP contribution in [0.25, 0.3) is 0 Å². The minimum atomic E-state index is 0.786. The maximum absolute atomic E-state index is 2.28. The van der Waals surface area contributed by atoms with Gasteiger partial charge in [0.2, 0.25) is 0 Å². The average Bonchev–Trinajstić information content (AvgIpc) is 2.13. The molecule has 0 aliphatic heterocycles. The molecular formula is C9H14S. The van der Waals surface area contributed by atoms with Gasteiger partial charge < -0.3 is 0 Å². The van der Waals surface area contributed by atoms with Crippen molar-refractivity contribution in [3.63, 3.8) is 0 Å². The molecule has 0 nitrogen and oxygen atoms in total. The van der Waals surface area contributed by atoms with Gasteiger partial charge in [-0.15, -0.1) is 11.3 Å². The molecule has 1 aromatic heterocycles. The lowest BCUT2D eigenvalue weighted by molar-refractivity contribution is 0.648. The Balaban J connectivity index is 2.58. The highest BCUT2D eigenvalue weighted by Gasteiger charge is 1.98. The van der Waals surface area contributed by atoms with Crippen molar-refractivity contribution in [3.8, 4) is 0 Å². The second kappa shape index (κ2) is 3.20. The van der Waals surface area contributed by atoms with Gasteiger partial charge >= 0.3 is 0 Å². The molecule has 1 aromatic rings. The molecule has 0 N–H and O–H groups in total. The smallest absolute Gasteiger partial charge is 0.00170 e. The molecule has 10 heavy (non-hydrogen) atoms. The van der Waals surface area contributed by atoms with E-state index in [1.165, 1.54) is 16.9 Å². The van der Waals surface area contributed by atoms with E-state index in [1.807, 2.05) is 11.3 Å². The molecule has 0 saturated heterocycles. The van der Waals surface area contributed by atoms with Crippen LogP contribution in [-0.2, 0) is 6.42 Å². The molecule has 0 unspecified atom stereocenters. The van der Waals surface area contributed by atoms with Crippen LogP contribution in [0.3, 0.4) is 0 Å². The van der Waals surface area contributed by atoms with Crippen LogP contribution in [0.4, 0.5) is 0 Å². The van der Waals surface area contributed by atoms with Crippen LogP contribution >= 0.6 is 11.3 Å². The van der Waals surface area contributed by atoms with Crippen LogP contribution < -0.4 is 0 Å². The average molecular weight is 154 g/mol. The van der Waals surface area contributed by atoms with E-state index in [1.54, 1.807) is 0 Å². The normalized spacial score (nSPS) is 10.8. The van der Waals surface area contributed by atoms with E-state index in [0.29, 0.717) is 0 Å². The summed E-state index contributed by atoms with van der Waals surface area (Å²) in [5.74, 6) is 0.786. The number of thiophene rings is 1. The van der Waals surface area contributed by atoms with Gasteiger partial charge in [-0.3, -0.25) is 0 Å². The standard InChI is InChI=1S/C9H14S/c1-7(2)4-9-5-8(3)10-6-9/h5-7H,4H2,1-3H3. The number of hydrogen-bond acceptors (Lipinski definition) is 1. The van der Waals surface area contributed by atoms with Crippen LogP contribution in [0.5, 0.6) is 0 Å². The second-order valence-corrected chi connectivity index (χ2v) is 4.28. The number of aryl methyl sites for hydroxylation is 1. The van der Waals surface area contributed by atoms with Gasteiger partial charge in [0.25, 0.3) is 0 Å². The minimum absolute atomic E-state index is 0.786. The van der Waals surface area contributed by atoms with Crippen molar-refractivity contribution < 1.29 is 0 Å². The fourth-order valence-corrected chi connectivity index (χ4v) is 1.80. The lowest BCUT2D eigenvalue weighted by Gasteiger charge is -1.99. The molecule has 0 spiro atoms. The first-order chi connectivity index (χ1) is 4.68. The quantitative estimate of drug-likeness (QED) is 0.613. The lowest BCUT2D eigenvalue weighted by atomic mass is 10.1. The SMILES string of the molecule is Cc1cc(CC(C)C)cs1. The van der Waals surface area contributed by atoms with Crippen LogP contribution in [0.2, 0.25) is 0 Å². The molecule has 0 atom stereocenters. The summed E-state index contributed by atoms with van der Waals surface area (Å²) in [5.41, 5.74) is 1.50. The summed E-state index contributed by atoms with van der Waals surface area (Å²) >= 11 is 1.85. The van der Waals surface area contributed by atoms with Gasteiger partial charge in [-0.2, -0.15) is 0 Å². The zero-order chi connectivity index (χ0) is 7.56. The third-order valence-electron chi connectivity index (χ3n) is 1.43. The summed E-state index contributed by atoms with van der Waals surface area (Å²) in [6.45, 7) is 6.68. The monoisotopic (exact) mass is 154 g/mol. The van der Waals surface area contributed by atoms with E-state index in [4.69, 9.17) is 0 Å². The van der Waals surface area contributed by atoms with Crippen molar-refractivity contribution in [2.45, 2.75) is 27.2 Å². The maximum atomic E-state index is 2.28. The van der Waals surface area contributed by atoms with Crippen LogP contribution in [0.1, 0.15) is 24.3 Å². The van der Waals surface area contributed by atoms with Gasteiger partial charge in [-0.25, -0.2) is 0 Å². The number of rotatable bonds is 2. The van der Waals surface area contributed by atoms with Crippen molar-refractivity contribution in [3.05, 3.63) is 21.9 Å². The Kier molecular flexibility index (Phi) is 2.50. The highest BCUT2D eigenvalue weighted by molar-refractivity contribution is 7.10. The number of hydrogen-bond donors (Lipinski definition) is 0. The first-order valence-electron chi connectivity index (χ1n) is 3.72. The Morgan fingerprint density at radius 2 is 2.20 bits per heavy atom. The second-order valence-electron chi connectivity index (χ2n) is 3.16. The lowest BCUT2D eigenvalue weighted by Crippen LogP contribution is -1.90. The molecule has 0 aliphatic carbocycles. The summed E-state index contributed by atoms with van der Waals surface area (Å²) in [6, 6.07) is 2.28. The molecule has 0 aliphatic rings. The van der Waals surface area contributed by atoms with E-state index < -0.39 is 0 Å². The fraction of sp³-hybridized carbons (Fsp3) is 0.556. The molecule has 0 aromatic carbocycles. The molecule has 0 fully saturated rings. The summed E-state index contributed by atoms with van der Waals surface area (Å²) in [6.07, 6.45) is 1.23. The van der Waals surface area contributed by atoms with E-state index in [2.05, 4.69) is 32.2 Å². The fourth-order valence-electron chi connectivity index (χ4n) is 1.08. The van der Waals surface area contributed by atoms with Crippen molar-refractivity contribution in [2.75, 3.05) is 0 Å². The molecule has 0 bridgehead atoms. The van der Waals surface area contributed by atoms with E-state index >= 15 is 0 Å². The first-order valence-corrected chi connectivity index (χ1v) is 4.60. The Morgan fingerprint density at radius 3 is 2.60 bits per heavy atom. The van der Waals surface area contributed by atoms with Gasteiger partial charge in [-0.1, -0.05) is 13.8 Å². The summed E-state index contributed by atoms with van der Waals surface area (Å²) in [7, 11) is 0. The zero-order valence-corrected chi connectivity index (χ0v) is 7.66. The van der Waals surface area contributed by atoms with Crippen molar-refractivity contribution in [2.24, 2.45) is 5.92 Å². The minimum Gasteiger partial charge on any atom is -0.149 e. The Morgan fingerprint density at radius 1 is 1.50 bits per heavy atom. The molecule has 1 heteroatoms. The zero-order valence-electron chi connectivity index (χ0n) is 6.85. The first kappa shape index (κ1) is 7.80. The maximum Gasteiger partial charge on any atom is 0.00170 e. The topological polar surface area (TPSA) is 0 Å². The van der Waals surface area contributed by atoms with Crippen molar-refractivity contribution >= 4 is 11.3 Å². The third-order valence-corrected chi connectivity index (χ3v) is 2.34. The van der Waals surface area contributed by atoms with Gasteiger partial charge in [-0.05, 0) is 36.3 Å². The van der Waals surface area contributed by atoms with Crippen molar-refractivity contribution in [1.29, 1.82) is 0 Å². The molecule has 0 radical (unpaired) electrons. The summed E-state index contributed by atoms with van der Waals surface area (Å²) in [4.78, 5) is 1.43. The van der Waals surface area contributed by atoms with E-state index in [-0.39, 0.29) is 0 Å².